The Morgan fingerprint density at radius 3 is 2.62 bits per heavy atom. The summed E-state index contributed by atoms with van der Waals surface area (Å²) in [6, 6.07) is 6.14. The molecule has 0 aliphatic carbocycles. The van der Waals surface area contributed by atoms with Crippen molar-refractivity contribution in [2.45, 2.75) is 32.7 Å². The van der Waals surface area contributed by atoms with Crippen molar-refractivity contribution in [3.05, 3.63) is 38.5 Å². The Balaban J connectivity index is 2.25. The first kappa shape index (κ1) is 16.4. The molecule has 3 nitrogen and oxygen atoms in total. The number of nitrogens with zero attached hydrogens (tertiary/aromatic N) is 1. The van der Waals surface area contributed by atoms with Crippen LogP contribution in [0.3, 0.4) is 0 Å². The molecular weight excluding hydrogens is 325 g/mol. The third kappa shape index (κ3) is 4.25. The monoisotopic (exact) mass is 343 g/mol. The van der Waals surface area contributed by atoms with Crippen LogP contribution < -0.4 is 10.6 Å². The van der Waals surface area contributed by atoms with Gasteiger partial charge in [0.1, 0.15) is 11.6 Å². The number of rotatable bonds is 7. The Morgan fingerprint density at radius 1 is 1.24 bits per heavy atom. The molecule has 6 heteroatoms. The van der Waals surface area contributed by atoms with Gasteiger partial charge in [0.15, 0.2) is 0 Å². The highest BCUT2D eigenvalue weighted by Crippen LogP contribution is 2.33. The minimum Gasteiger partial charge on any atom is -0.369 e. The number of halogens is 2. The van der Waals surface area contributed by atoms with Crippen LogP contribution >= 0.6 is 34.5 Å². The molecule has 0 bridgehead atoms. The van der Waals surface area contributed by atoms with E-state index in [-0.39, 0.29) is 6.04 Å². The lowest BCUT2D eigenvalue weighted by Gasteiger charge is -2.19. The lowest BCUT2D eigenvalue weighted by atomic mass is 10.1. The minimum absolute atomic E-state index is 0.218. The molecule has 114 valence electrons. The van der Waals surface area contributed by atoms with Crippen molar-refractivity contribution < 1.29 is 0 Å². The van der Waals surface area contributed by atoms with E-state index < -0.39 is 0 Å². The summed E-state index contributed by atoms with van der Waals surface area (Å²) >= 11 is 14.2. The molecule has 2 aromatic heterocycles. The quantitative estimate of drug-likeness (QED) is 0.663. The zero-order valence-electron chi connectivity index (χ0n) is 12.1. The van der Waals surface area contributed by atoms with E-state index in [4.69, 9.17) is 23.2 Å². The van der Waals surface area contributed by atoms with E-state index in [1.807, 2.05) is 6.92 Å². The van der Waals surface area contributed by atoms with E-state index in [9.17, 15) is 0 Å². The number of hydrogen-bond acceptors (Lipinski definition) is 4. The van der Waals surface area contributed by atoms with Gasteiger partial charge in [-0.15, -0.1) is 11.3 Å². The normalized spacial score (nSPS) is 12.2. The maximum Gasteiger partial charge on any atom is 0.147 e. The molecule has 2 rings (SSSR count). The molecular formula is C15H19Cl2N3S. The summed E-state index contributed by atoms with van der Waals surface area (Å²) < 4.78 is 0. The average Bonchev–Trinajstić information content (AvgIpc) is 2.97. The Hall–Kier alpha value is -0.970. The molecule has 0 saturated carbocycles. The van der Waals surface area contributed by atoms with Gasteiger partial charge in [-0.3, -0.25) is 0 Å². The summed E-state index contributed by atoms with van der Waals surface area (Å²) in [7, 11) is 0. The Labute approximate surface area is 139 Å². The van der Waals surface area contributed by atoms with Crippen molar-refractivity contribution in [2.75, 3.05) is 17.2 Å². The number of hydrogen-bond donors (Lipinski definition) is 2. The molecule has 0 radical (unpaired) electrons. The number of nitrogens with one attached hydrogen (secondary N) is 2. The number of pyridine rings is 1. The standard InChI is InChI=1S/C15H19Cl2N3S/c1-3-6-12(13-7-5-8-21-13)19-15-11(17)9-10(16)14(20-15)18-4-2/h5,7-9,12H,3-4,6H2,1-2H3,(H2,18,19,20). The molecule has 21 heavy (non-hydrogen) atoms. The molecule has 1 unspecified atom stereocenters. The first-order valence-electron chi connectivity index (χ1n) is 7.05. The van der Waals surface area contributed by atoms with Gasteiger partial charge in [0.2, 0.25) is 0 Å². The van der Waals surface area contributed by atoms with Crippen LogP contribution in [0, 0.1) is 0 Å². The SMILES string of the molecule is CCCC(Nc1nc(NCC)c(Cl)cc1Cl)c1cccs1. The zero-order valence-corrected chi connectivity index (χ0v) is 14.4. The lowest BCUT2D eigenvalue weighted by Crippen LogP contribution is -2.12. The first-order valence-corrected chi connectivity index (χ1v) is 8.69. The highest BCUT2D eigenvalue weighted by Gasteiger charge is 2.16. The van der Waals surface area contributed by atoms with Crippen molar-refractivity contribution >= 4 is 46.2 Å². The maximum absolute atomic E-state index is 6.27. The van der Waals surface area contributed by atoms with E-state index >= 15 is 0 Å². The van der Waals surface area contributed by atoms with Crippen molar-refractivity contribution in [2.24, 2.45) is 0 Å². The van der Waals surface area contributed by atoms with Crippen molar-refractivity contribution in [1.82, 2.24) is 4.98 Å². The summed E-state index contributed by atoms with van der Waals surface area (Å²) in [6.07, 6.45) is 2.11. The van der Waals surface area contributed by atoms with Crippen LogP contribution in [0.4, 0.5) is 11.6 Å². The molecule has 2 aromatic rings. The Morgan fingerprint density at radius 2 is 2.00 bits per heavy atom. The largest absolute Gasteiger partial charge is 0.369 e. The van der Waals surface area contributed by atoms with Crippen LogP contribution in [0.1, 0.15) is 37.6 Å². The molecule has 0 spiro atoms. The molecule has 0 saturated heterocycles. The van der Waals surface area contributed by atoms with Gasteiger partial charge in [-0.1, -0.05) is 42.6 Å². The van der Waals surface area contributed by atoms with E-state index in [0.29, 0.717) is 21.7 Å². The third-order valence-electron chi connectivity index (χ3n) is 3.05. The van der Waals surface area contributed by atoms with E-state index in [2.05, 4.69) is 40.1 Å². The highest BCUT2D eigenvalue weighted by atomic mass is 35.5. The molecule has 2 heterocycles. The van der Waals surface area contributed by atoms with Gasteiger partial charge >= 0.3 is 0 Å². The van der Waals surface area contributed by atoms with Crippen LogP contribution in [-0.2, 0) is 0 Å². The van der Waals surface area contributed by atoms with Crippen LogP contribution in [0.25, 0.3) is 0 Å². The summed E-state index contributed by atoms with van der Waals surface area (Å²) in [5.41, 5.74) is 0. The van der Waals surface area contributed by atoms with Crippen LogP contribution in [0.2, 0.25) is 10.0 Å². The van der Waals surface area contributed by atoms with Crippen LogP contribution in [0.15, 0.2) is 23.6 Å². The summed E-state index contributed by atoms with van der Waals surface area (Å²) in [5.74, 6) is 1.33. The Kier molecular flexibility index (Phi) is 6.15. The minimum atomic E-state index is 0.218. The lowest BCUT2D eigenvalue weighted by molar-refractivity contribution is 0.685. The van der Waals surface area contributed by atoms with Gasteiger partial charge in [0.05, 0.1) is 16.1 Å². The fraction of sp³-hybridized carbons (Fsp3) is 0.400. The summed E-state index contributed by atoms with van der Waals surface area (Å²) in [4.78, 5) is 5.80. The molecule has 1 atom stereocenters. The molecule has 2 N–H and O–H groups in total. The van der Waals surface area contributed by atoms with E-state index in [0.717, 1.165) is 19.4 Å². The van der Waals surface area contributed by atoms with Crippen molar-refractivity contribution in [3.63, 3.8) is 0 Å². The Bertz CT molecular complexity index is 573. The highest BCUT2D eigenvalue weighted by molar-refractivity contribution is 7.10. The summed E-state index contributed by atoms with van der Waals surface area (Å²) in [5, 5.41) is 9.75. The van der Waals surface area contributed by atoms with Gasteiger partial charge in [0.25, 0.3) is 0 Å². The van der Waals surface area contributed by atoms with Crippen LogP contribution in [-0.4, -0.2) is 11.5 Å². The predicted octanol–water partition coefficient (Wildman–Crippen LogP) is 5.84. The van der Waals surface area contributed by atoms with Crippen molar-refractivity contribution in [1.29, 1.82) is 0 Å². The van der Waals surface area contributed by atoms with Gasteiger partial charge in [-0.05, 0) is 30.9 Å². The second-order valence-corrected chi connectivity index (χ2v) is 6.47. The zero-order chi connectivity index (χ0) is 15.2. The third-order valence-corrected chi connectivity index (χ3v) is 4.61. The molecule has 0 fully saturated rings. The fourth-order valence-corrected chi connectivity index (χ4v) is 3.38. The van der Waals surface area contributed by atoms with Gasteiger partial charge in [-0.25, -0.2) is 4.98 Å². The average molecular weight is 344 g/mol. The second kappa shape index (κ2) is 7.87. The van der Waals surface area contributed by atoms with Crippen LogP contribution in [0.5, 0.6) is 0 Å². The number of anilines is 2. The number of thiophene rings is 1. The fourth-order valence-electron chi connectivity index (χ4n) is 2.09. The van der Waals surface area contributed by atoms with E-state index in [1.54, 1.807) is 17.4 Å². The smallest absolute Gasteiger partial charge is 0.147 e. The van der Waals surface area contributed by atoms with Gasteiger partial charge in [0, 0.05) is 11.4 Å². The second-order valence-electron chi connectivity index (χ2n) is 4.68. The summed E-state index contributed by atoms with van der Waals surface area (Å²) in [6.45, 7) is 4.94. The molecule has 0 aromatic carbocycles. The molecule has 0 aliphatic heterocycles. The first-order chi connectivity index (χ1) is 10.2. The van der Waals surface area contributed by atoms with Gasteiger partial charge in [-0.2, -0.15) is 0 Å². The number of aromatic nitrogens is 1. The van der Waals surface area contributed by atoms with E-state index in [1.165, 1.54) is 4.88 Å². The topological polar surface area (TPSA) is 37.0 Å². The predicted molar refractivity (Wildman–Crippen MR) is 94.0 cm³/mol. The maximum atomic E-state index is 6.27. The molecule has 0 aliphatic rings. The molecule has 0 amide bonds. The van der Waals surface area contributed by atoms with Crippen molar-refractivity contribution in [3.8, 4) is 0 Å². The van der Waals surface area contributed by atoms with Gasteiger partial charge < -0.3 is 10.6 Å².